The molecule has 0 aliphatic heterocycles. The number of nitriles is 1. The molecule has 15 heavy (non-hydrogen) atoms. The zero-order valence-corrected chi connectivity index (χ0v) is 7.99. The van der Waals surface area contributed by atoms with Crippen molar-refractivity contribution in [1.29, 1.82) is 5.26 Å². The zero-order valence-electron chi connectivity index (χ0n) is 7.99. The van der Waals surface area contributed by atoms with Gasteiger partial charge in [-0.3, -0.25) is 0 Å². The molecule has 0 amide bonds. The molecule has 0 saturated carbocycles. The van der Waals surface area contributed by atoms with E-state index in [1.54, 1.807) is 12.1 Å². The lowest BCUT2D eigenvalue weighted by Crippen LogP contribution is -1.93. The molecule has 0 spiro atoms. The number of hydrogen-bond donors (Lipinski definition) is 0. The third-order valence-electron chi connectivity index (χ3n) is 2.06. The van der Waals surface area contributed by atoms with E-state index < -0.39 is 0 Å². The molecule has 1 aromatic heterocycles. The molecule has 0 saturated heterocycles. The van der Waals surface area contributed by atoms with Crippen LogP contribution in [0, 0.1) is 17.1 Å². The predicted molar refractivity (Wildman–Crippen MR) is 53.0 cm³/mol. The second-order valence-corrected chi connectivity index (χ2v) is 2.99. The van der Waals surface area contributed by atoms with Gasteiger partial charge in [-0.05, 0) is 18.2 Å². The highest BCUT2D eigenvalue weighted by molar-refractivity contribution is 5.81. The van der Waals surface area contributed by atoms with Crippen molar-refractivity contribution in [3.63, 3.8) is 0 Å². The molecule has 0 aliphatic carbocycles. The van der Waals surface area contributed by atoms with Crippen molar-refractivity contribution in [3.05, 3.63) is 35.6 Å². The van der Waals surface area contributed by atoms with Crippen LogP contribution in [0.4, 0.5) is 4.39 Å². The summed E-state index contributed by atoms with van der Waals surface area (Å²) in [4.78, 5) is 4.04. The lowest BCUT2D eigenvalue weighted by atomic mass is 10.1. The topological polar surface area (TPSA) is 45.9 Å². The van der Waals surface area contributed by atoms with Gasteiger partial charge >= 0.3 is 0 Å². The fourth-order valence-electron chi connectivity index (χ4n) is 1.36. The van der Waals surface area contributed by atoms with Crippen molar-refractivity contribution >= 4 is 10.9 Å². The summed E-state index contributed by atoms with van der Waals surface area (Å²) >= 11 is 0. The molecular formula is C11H7FN2O. The van der Waals surface area contributed by atoms with Gasteiger partial charge in [0.2, 0.25) is 5.88 Å². The summed E-state index contributed by atoms with van der Waals surface area (Å²) in [7, 11) is 1.42. The second-order valence-electron chi connectivity index (χ2n) is 2.99. The molecule has 0 aliphatic rings. The summed E-state index contributed by atoms with van der Waals surface area (Å²) in [6.45, 7) is 0. The fourth-order valence-corrected chi connectivity index (χ4v) is 1.36. The number of pyridine rings is 1. The lowest BCUT2D eigenvalue weighted by molar-refractivity contribution is 0.398. The van der Waals surface area contributed by atoms with E-state index in [0.717, 1.165) is 0 Å². The van der Waals surface area contributed by atoms with Crippen LogP contribution in [0.1, 0.15) is 5.56 Å². The SMILES string of the molecule is COc1nc2cc(F)ccc2cc1C#N. The summed E-state index contributed by atoms with van der Waals surface area (Å²) in [5.74, 6) is -0.141. The van der Waals surface area contributed by atoms with Crippen LogP contribution in [0.5, 0.6) is 5.88 Å². The molecule has 0 bridgehead atoms. The molecule has 2 aromatic rings. The smallest absolute Gasteiger partial charge is 0.231 e. The molecule has 1 heterocycles. The highest BCUT2D eigenvalue weighted by Gasteiger charge is 2.06. The van der Waals surface area contributed by atoms with Crippen LogP contribution < -0.4 is 4.74 Å². The molecule has 0 unspecified atom stereocenters. The van der Waals surface area contributed by atoms with Crippen LogP contribution in [-0.2, 0) is 0 Å². The van der Waals surface area contributed by atoms with Gasteiger partial charge < -0.3 is 4.74 Å². The first kappa shape index (κ1) is 9.41. The van der Waals surface area contributed by atoms with Gasteiger partial charge in [-0.15, -0.1) is 0 Å². The Kier molecular flexibility index (Phi) is 2.22. The standard InChI is InChI=1S/C11H7FN2O/c1-15-11-8(6-13)4-7-2-3-9(12)5-10(7)14-11/h2-5H,1H3. The van der Waals surface area contributed by atoms with Crippen molar-refractivity contribution < 1.29 is 9.13 Å². The summed E-state index contributed by atoms with van der Waals surface area (Å²) in [5, 5.41) is 9.54. The van der Waals surface area contributed by atoms with E-state index >= 15 is 0 Å². The van der Waals surface area contributed by atoms with Gasteiger partial charge in [0.15, 0.2) is 0 Å². The average molecular weight is 202 g/mol. The van der Waals surface area contributed by atoms with Gasteiger partial charge in [-0.1, -0.05) is 0 Å². The highest BCUT2D eigenvalue weighted by Crippen LogP contribution is 2.21. The number of ether oxygens (including phenoxy) is 1. The van der Waals surface area contributed by atoms with E-state index in [4.69, 9.17) is 10.00 Å². The molecule has 0 atom stereocenters. The van der Waals surface area contributed by atoms with Crippen molar-refractivity contribution in [3.8, 4) is 11.9 Å². The van der Waals surface area contributed by atoms with E-state index in [0.29, 0.717) is 16.5 Å². The zero-order chi connectivity index (χ0) is 10.8. The van der Waals surface area contributed by atoms with Gasteiger partial charge in [0.25, 0.3) is 0 Å². The van der Waals surface area contributed by atoms with E-state index in [2.05, 4.69) is 4.98 Å². The van der Waals surface area contributed by atoms with Gasteiger partial charge in [-0.25, -0.2) is 9.37 Å². The minimum atomic E-state index is -0.359. The molecule has 0 radical (unpaired) electrons. The first-order valence-corrected chi connectivity index (χ1v) is 4.29. The molecular weight excluding hydrogens is 195 g/mol. The Bertz CT molecular complexity index is 560. The van der Waals surface area contributed by atoms with Crippen LogP contribution in [-0.4, -0.2) is 12.1 Å². The van der Waals surface area contributed by atoms with E-state index in [9.17, 15) is 4.39 Å². The largest absolute Gasteiger partial charge is 0.480 e. The number of halogens is 1. The van der Waals surface area contributed by atoms with Crippen LogP contribution >= 0.6 is 0 Å². The Morgan fingerprint density at radius 3 is 2.87 bits per heavy atom. The first-order chi connectivity index (χ1) is 7.24. The summed E-state index contributed by atoms with van der Waals surface area (Å²) in [5.41, 5.74) is 0.822. The van der Waals surface area contributed by atoms with Crippen molar-refractivity contribution in [1.82, 2.24) is 4.98 Å². The summed E-state index contributed by atoms with van der Waals surface area (Å²) < 4.78 is 17.8. The molecule has 1 aromatic carbocycles. The molecule has 0 N–H and O–H groups in total. The number of hydrogen-bond acceptors (Lipinski definition) is 3. The van der Waals surface area contributed by atoms with E-state index in [1.165, 1.54) is 19.2 Å². The predicted octanol–water partition coefficient (Wildman–Crippen LogP) is 2.25. The number of fused-ring (bicyclic) bond motifs is 1. The maximum atomic E-state index is 12.9. The summed E-state index contributed by atoms with van der Waals surface area (Å²) in [6.07, 6.45) is 0. The van der Waals surface area contributed by atoms with Crippen LogP contribution in [0.25, 0.3) is 10.9 Å². The monoisotopic (exact) mass is 202 g/mol. The minimum absolute atomic E-state index is 0.218. The van der Waals surface area contributed by atoms with Gasteiger partial charge in [0.1, 0.15) is 17.4 Å². The Morgan fingerprint density at radius 1 is 1.40 bits per heavy atom. The first-order valence-electron chi connectivity index (χ1n) is 4.29. The average Bonchev–Trinajstić information content (AvgIpc) is 2.27. The van der Waals surface area contributed by atoms with Gasteiger partial charge in [-0.2, -0.15) is 5.26 Å². The molecule has 4 heteroatoms. The maximum absolute atomic E-state index is 12.9. The van der Waals surface area contributed by atoms with Crippen LogP contribution in [0.2, 0.25) is 0 Å². The van der Waals surface area contributed by atoms with Crippen LogP contribution in [0.15, 0.2) is 24.3 Å². The van der Waals surface area contributed by atoms with E-state index in [-0.39, 0.29) is 11.7 Å². The fraction of sp³-hybridized carbons (Fsp3) is 0.0909. The minimum Gasteiger partial charge on any atom is -0.480 e. The molecule has 2 rings (SSSR count). The maximum Gasteiger partial charge on any atom is 0.231 e. The Labute approximate surface area is 85.7 Å². The van der Waals surface area contributed by atoms with Gasteiger partial charge in [0, 0.05) is 11.5 Å². The number of methoxy groups -OCH3 is 1. The highest BCUT2D eigenvalue weighted by atomic mass is 19.1. The third-order valence-corrected chi connectivity index (χ3v) is 2.06. The third kappa shape index (κ3) is 1.59. The Balaban J connectivity index is 2.77. The number of benzene rings is 1. The number of nitrogens with zero attached hydrogens (tertiary/aromatic N) is 2. The molecule has 3 nitrogen and oxygen atoms in total. The van der Waals surface area contributed by atoms with E-state index in [1.807, 2.05) is 6.07 Å². The number of aromatic nitrogens is 1. The van der Waals surface area contributed by atoms with Crippen molar-refractivity contribution in [2.45, 2.75) is 0 Å². The lowest BCUT2D eigenvalue weighted by Gasteiger charge is -2.03. The van der Waals surface area contributed by atoms with Crippen molar-refractivity contribution in [2.24, 2.45) is 0 Å². The van der Waals surface area contributed by atoms with Crippen molar-refractivity contribution in [2.75, 3.05) is 7.11 Å². The number of rotatable bonds is 1. The second kappa shape index (κ2) is 3.54. The van der Waals surface area contributed by atoms with Crippen LogP contribution in [0.3, 0.4) is 0 Å². The summed E-state index contributed by atoms with van der Waals surface area (Å²) in [6, 6.07) is 7.81. The van der Waals surface area contributed by atoms with Gasteiger partial charge in [0.05, 0.1) is 12.6 Å². The Morgan fingerprint density at radius 2 is 2.20 bits per heavy atom. The quantitative estimate of drug-likeness (QED) is 0.712. The normalized spacial score (nSPS) is 9.93. The Hall–Kier alpha value is -2.15. The molecule has 0 fully saturated rings. The molecule has 74 valence electrons.